The normalized spacial score (nSPS) is 10.2. The van der Waals surface area contributed by atoms with E-state index >= 15 is 0 Å². The van der Waals surface area contributed by atoms with Crippen molar-refractivity contribution in [3.05, 3.63) is 51.1 Å². The first-order valence-electron chi connectivity index (χ1n) is 6.04. The van der Waals surface area contributed by atoms with Crippen LogP contribution in [0.2, 0.25) is 0 Å². The molecule has 110 valence electrons. The molecule has 4 nitrogen and oxygen atoms in total. The minimum atomic E-state index is -0.649. The highest BCUT2D eigenvalue weighted by molar-refractivity contribution is 9.10. The number of ether oxygens (including phenoxy) is 1. The number of anilines is 1. The van der Waals surface area contributed by atoms with Crippen LogP contribution in [0, 0.1) is 5.82 Å². The van der Waals surface area contributed by atoms with Gasteiger partial charge in [0.15, 0.2) is 0 Å². The summed E-state index contributed by atoms with van der Waals surface area (Å²) in [6.45, 7) is 1.93. The van der Waals surface area contributed by atoms with Crippen LogP contribution in [0.1, 0.15) is 27.6 Å². The summed E-state index contributed by atoms with van der Waals surface area (Å²) in [5.74, 6) is -1.80. The quantitative estimate of drug-likeness (QED) is 0.823. The molecular weight excluding hydrogens is 361 g/mol. The summed E-state index contributed by atoms with van der Waals surface area (Å²) in [6.07, 6.45) is 0. The highest BCUT2D eigenvalue weighted by Crippen LogP contribution is 2.26. The van der Waals surface area contributed by atoms with Crippen molar-refractivity contribution < 1.29 is 18.7 Å². The van der Waals surface area contributed by atoms with Crippen molar-refractivity contribution in [3.8, 4) is 0 Å². The molecule has 0 aliphatic rings. The van der Waals surface area contributed by atoms with Crippen molar-refractivity contribution >= 4 is 44.1 Å². The first-order valence-corrected chi connectivity index (χ1v) is 7.71. The maximum Gasteiger partial charge on any atom is 0.341 e. The molecule has 1 heterocycles. The molecule has 1 aromatic carbocycles. The van der Waals surface area contributed by atoms with E-state index in [0.29, 0.717) is 5.00 Å². The fraction of sp³-hybridized carbons (Fsp3) is 0.143. The van der Waals surface area contributed by atoms with Crippen LogP contribution in [0.3, 0.4) is 0 Å². The van der Waals surface area contributed by atoms with Crippen molar-refractivity contribution in [1.29, 1.82) is 0 Å². The second kappa shape index (κ2) is 6.82. The summed E-state index contributed by atoms with van der Waals surface area (Å²) in [4.78, 5) is 23.8. The molecule has 1 aromatic heterocycles. The fourth-order valence-electron chi connectivity index (χ4n) is 1.63. The predicted octanol–water partition coefficient (Wildman–Crippen LogP) is 4.08. The molecule has 0 saturated carbocycles. The van der Waals surface area contributed by atoms with Crippen LogP contribution in [0.15, 0.2) is 34.1 Å². The van der Waals surface area contributed by atoms with Crippen molar-refractivity contribution in [2.75, 3.05) is 11.9 Å². The summed E-state index contributed by atoms with van der Waals surface area (Å²) in [6, 6.07) is 5.98. The van der Waals surface area contributed by atoms with E-state index < -0.39 is 17.7 Å². The molecule has 0 bridgehead atoms. The zero-order chi connectivity index (χ0) is 15.4. The zero-order valence-corrected chi connectivity index (χ0v) is 13.4. The Balaban J connectivity index is 2.23. The molecule has 1 amide bonds. The average molecular weight is 372 g/mol. The van der Waals surface area contributed by atoms with Gasteiger partial charge in [-0.1, -0.05) is 6.07 Å². The van der Waals surface area contributed by atoms with E-state index in [2.05, 4.69) is 21.2 Å². The first-order chi connectivity index (χ1) is 10.0. The molecule has 0 saturated heterocycles. The van der Waals surface area contributed by atoms with Gasteiger partial charge in [0.2, 0.25) is 0 Å². The molecule has 0 aliphatic heterocycles. The van der Waals surface area contributed by atoms with E-state index in [4.69, 9.17) is 4.74 Å². The SMILES string of the molecule is CCOC(=O)c1ccsc1NC(=O)c1cccc(Br)c1F. The van der Waals surface area contributed by atoms with Gasteiger partial charge in [0.25, 0.3) is 5.91 Å². The number of carbonyl (C=O) groups is 2. The maximum atomic E-state index is 13.9. The number of halogens is 2. The van der Waals surface area contributed by atoms with Gasteiger partial charge >= 0.3 is 5.97 Å². The second-order valence-corrected chi connectivity index (χ2v) is 5.71. The minimum absolute atomic E-state index is 0.104. The molecule has 0 atom stereocenters. The van der Waals surface area contributed by atoms with Gasteiger partial charge < -0.3 is 10.1 Å². The van der Waals surface area contributed by atoms with Gasteiger partial charge in [-0.3, -0.25) is 4.79 Å². The van der Waals surface area contributed by atoms with Crippen LogP contribution in [-0.2, 0) is 4.74 Å². The molecule has 0 spiro atoms. The van der Waals surface area contributed by atoms with Crippen LogP contribution in [-0.4, -0.2) is 18.5 Å². The summed E-state index contributed by atoms with van der Waals surface area (Å²) in [5.41, 5.74) is 0.151. The molecule has 0 aliphatic carbocycles. The Morgan fingerprint density at radius 2 is 2.10 bits per heavy atom. The Hall–Kier alpha value is -1.73. The van der Waals surface area contributed by atoms with Crippen LogP contribution in [0.25, 0.3) is 0 Å². The van der Waals surface area contributed by atoms with E-state index in [0.717, 1.165) is 0 Å². The number of benzene rings is 1. The Labute approximate surface area is 133 Å². The molecular formula is C14H11BrFNO3S. The smallest absolute Gasteiger partial charge is 0.341 e. The van der Waals surface area contributed by atoms with Crippen molar-refractivity contribution in [1.82, 2.24) is 0 Å². The highest BCUT2D eigenvalue weighted by Gasteiger charge is 2.19. The number of carbonyl (C=O) groups excluding carboxylic acids is 2. The van der Waals surface area contributed by atoms with Crippen molar-refractivity contribution in [2.24, 2.45) is 0 Å². The molecule has 1 N–H and O–H groups in total. The number of rotatable bonds is 4. The standard InChI is InChI=1S/C14H11BrFNO3S/c1-2-20-14(19)9-6-7-21-13(9)17-12(18)8-4-3-5-10(15)11(8)16/h3-7H,2H2,1H3,(H,17,18). The highest BCUT2D eigenvalue weighted by atomic mass is 79.9. The third kappa shape index (κ3) is 3.48. The minimum Gasteiger partial charge on any atom is -0.462 e. The summed E-state index contributed by atoms with van der Waals surface area (Å²) in [7, 11) is 0. The molecule has 2 aromatic rings. The molecule has 2 rings (SSSR count). The summed E-state index contributed by atoms with van der Waals surface area (Å²) in [5, 5.41) is 4.52. The second-order valence-electron chi connectivity index (χ2n) is 3.94. The lowest BCUT2D eigenvalue weighted by molar-refractivity contribution is 0.0528. The Morgan fingerprint density at radius 3 is 2.81 bits per heavy atom. The van der Waals surface area contributed by atoms with Gasteiger partial charge in [0.05, 0.1) is 22.2 Å². The average Bonchev–Trinajstić information content (AvgIpc) is 2.90. The number of hydrogen-bond acceptors (Lipinski definition) is 4. The molecule has 0 fully saturated rings. The van der Waals surface area contributed by atoms with Crippen molar-refractivity contribution in [2.45, 2.75) is 6.92 Å². The number of nitrogens with one attached hydrogen (secondary N) is 1. The van der Waals surface area contributed by atoms with Gasteiger partial charge in [0.1, 0.15) is 10.8 Å². The Kier molecular flexibility index (Phi) is 5.08. The van der Waals surface area contributed by atoms with Gasteiger partial charge in [-0.25, -0.2) is 9.18 Å². The summed E-state index contributed by atoms with van der Waals surface area (Å²) >= 11 is 4.19. The summed E-state index contributed by atoms with van der Waals surface area (Å²) < 4.78 is 19.0. The van der Waals surface area contributed by atoms with Gasteiger partial charge in [-0.15, -0.1) is 11.3 Å². The van der Waals surface area contributed by atoms with Gasteiger partial charge in [-0.2, -0.15) is 0 Å². The fourth-order valence-corrected chi connectivity index (χ4v) is 2.76. The van der Waals surface area contributed by atoms with E-state index in [1.807, 2.05) is 0 Å². The third-order valence-electron chi connectivity index (χ3n) is 2.58. The van der Waals surface area contributed by atoms with Crippen LogP contribution < -0.4 is 5.32 Å². The maximum absolute atomic E-state index is 13.9. The monoisotopic (exact) mass is 371 g/mol. The molecule has 0 unspecified atom stereocenters. The lowest BCUT2D eigenvalue weighted by Gasteiger charge is -2.07. The lowest BCUT2D eigenvalue weighted by atomic mass is 10.2. The number of esters is 1. The first kappa shape index (κ1) is 15.7. The third-order valence-corrected chi connectivity index (χ3v) is 4.03. The van der Waals surface area contributed by atoms with Crippen LogP contribution in [0.5, 0.6) is 0 Å². The van der Waals surface area contributed by atoms with Crippen LogP contribution >= 0.6 is 27.3 Å². The largest absolute Gasteiger partial charge is 0.462 e. The lowest BCUT2D eigenvalue weighted by Crippen LogP contribution is -2.15. The van der Waals surface area contributed by atoms with Crippen LogP contribution in [0.4, 0.5) is 9.39 Å². The van der Waals surface area contributed by atoms with Gasteiger partial charge in [0, 0.05) is 0 Å². The van der Waals surface area contributed by atoms with Crippen molar-refractivity contribution in [3.63, 3.8) is 0 Å². The molecule has 0 radical (unpaired) electrons. The molecule has 21 heavy (non-hydrogen) atoms. The van der Waals surface area contributed by atoms with E-state index in [1.54, 1.807) is 24.4 Å². The van der Waals surface area contributed by atoms with E-state index in [-0.39, 0.29) is 22.2 Å². The topological polar surface area (TPSA) is 55.4 Å². The Morgan fingerprint density at radius 1 is 1.33 bits per heavy atom. The molecule has 7 heteroatoms. The van der Waals surface area contributed by atoms with E-state index in [1.165, 1.54) is 23.5 Å². The van der Waals surface area contributed by atoms with E-state index in [9.17, 15) is 14.0 Å². The zero-order valence-electron chi connectivity index (χ0n) is 11.0. The van der Waals surface area contributed by atoms with Gasteiger partial charge in [-0.05, 0) is 46.4 Å². The number of thiophene rings is 1. The predicted molar refractivity (Wildman–Crippen MR) is 82.3 cm³/mol. The Bertz CT molecular complexity index is 687. The number of amides is 1. The number of hydrogen-bond donors (Lipinski definition) is 1.